The van der Waals surface area contributed by atoms with Gasteiger partial charge in [0.15, 0.2) is 17.7 Å². The topological polar surface area (TPSA) is 97.6 Å². The molecule has 2 aromatic heterocycles. The number of imidazole rings is 1. The molecule has 0 aromatic carbocycles. The van der Waals surface area contributed by atoms with E-state index in [9.17, 15) is 4.79 Å². The minimum atomic E-state index is -0.760. The molecule has 0 unspecified atom stereocenters. The van der Waals surface area contributed by atoms with E-state index in [0.29, 0.717) is 16.9 Å². The van der Waals surface area contributed by atoms with E-state index in [0.717, 1.165) is 0 Å². The lowest BCUT2D eigenvalue weighted by Crippen LogP contribution is -2.33. The summed E-state index contributed by atoms with van der Waals surface area (Å²) in [5, 5.41) is 0. The van der Waals surface area contributed by atoms with Crippen LogP contribution in [0.5, 0.6) is 0 Å². The van der Waals surface area contributed by atoms with Crippen molar-refractivity contribution >= 4 is 23.2 Å². The first-order valence-electron chi connectivity index (χ1n) is 8.34. The van der Waals surface area contributed by atoms with Crippen LogP contribution in [0.4, 0.5) is 0 Å². The highest BCUT2D eigenvalue weighted by Crippen LogP contribution is 2.43. The molecule has 0 aliphatic carbocycles. The summed E-state index contributed by atoms with van der Waals surface area (Å²) in [5.74, 6) is -1.13. The Hall–Kier alpha value is -2.36. The number of carbonyl (C=O) groups excluding carboxylic acids is 1. The molecule has 2 aliphatic rings. The van der Waals surface area contributed by atoms with Gasteiger partial charge in [-0.15, -0.1) is 0 Å². The smallest absolute Gasteiger partial charge is 0.302 e. The van der Waals surface area contributed by atoms with Crippen molar-refractivity contribution in [2.24, 2.45) is 0 Å². The zero-order valence-corrected chi connectivity index (χ0v) is 14.8. The van der Waals surface area contributed by atoms with Crippen LogP contribution in [0.2, 0.25) is 0 Å². The van der Waals surface area contributed by atoms with Crippen molar-refractivity contribution in [3.05, 3.63) is 24.9 Å². The summed E-state index contributed by atoms with van der Waals surface area (Å²) in [7, 11) is 0. The lowest BCUT2D eigenvalue weighted by Gasteiger charge is -2.24. The molecule has 4 atom stereocenters. The third-order valence-electron chi connectivity index (χ3n) is 4.43. The molecule has 2 saturated heterocycles. The summed E-state index contributed by atoms with van der Waals surface area (Å²) in [6.45, 7) is 8.88. The lowest BCUT2D eigenvalue weighted by molar-refractivity contribution is -0.201. The predicted molar refractivity (Wildman–Crippen MR) is 89.8 cm³/mol. The molecular weight excluding hydrogens is 340 g/mol. The molecule has 2 aliphatic heterocycles. The molecule has 26 heavy (non-hydrogen) atoms. The minimum Gasteiger partial charge on any atom is -0.463 e. The molecular formula is C17H20N4O5. The largest absolute Gasteiger partial charge is 0.463 e. The molecule has 4 rings (SSSR count). The predicted octanol–water partition coefficient (Wildman–Crippen LogP) is 1.45. The first-order valence-corrected chi connectivity index (χ1v) is 8.34. The number of hydrogen-bond acceptors (Lipinski definition) is 8. The fraction of sp³-hybridized carbons (Fsp3) is 0.529. The molecule has 138 valence electrons. The summed E-state index contributed by atoms with van der Waals surface area (Å²) < 4.78 is 25.1. The van der Waals surface area contributed by atoms with Gasteiger partial charge in [-0.05, 0) is 19.9 Å². The first kappa shape index (κ1) is 17.1. The van der Waals surface area contributed by atoms with Crippen LogP contribution >= 0.6 is 0 Å². The third-order valence-corrected chi connectivity index (χ3v) is 4.43. The standard InChI is InChI=1S/C17H20N4O5/c1-5-10-12-15(19-7-18-10)21(8-20-12)16-14-13(25-17(3,4)26-14)11(24-16)6-23-9(2)22/h5,7-8,11,13-14,16H,1,6H2,2-4H3/t11-,13-,14-,16-/m1/s1. The monoisotopic (exact) mass is 360 g/mol. The van der Waals surface area contributed by atoms with E-state index in [2.05, 4.69) is 21.5 Å². The van der Waals surface area contributed by atoms with Crippen molar-refractivity contribution in [2.75, 3.05) is 6.61 Å². The number of hydrogen-bond donors (Lipinski definition) is 0. The van der Waals surface area contributed by atoms with E-state index < -0.39 is 18.1 Å². The van der Waals surface area contributed by atoms with Gasteiger partial charge in [0, 0.05) is 6.92 Å². The second-order valence-corrected chi connectivity index (χ2v) is 6.72. The molecule has 9 nitrogen and oxygen atoms in total. The molecule has 4 heterocycles. The van der Waals surface area contributed by atoms with Gasteiger partial charge in [-0.2, -0.15) is 0 Å². The Kier molecular flexibility index (Phi) is 4.02. The number of esters is 1. The van der Waals surface area contributed by atoms with Crippen LogP contribution in [-0.2, 0) is 23.7 Å². The van der Waals surface area contributed by atoms with Gasteiger partial charge in [-0.3, -0.25) is 9.36 Å². The number of aromatic nitrogens is 4. The summed E-state index contributed by atoms with van der Waals surface area (Å²) in [4.78, 5) is 24.1. The summed E-state index contributed by atoms with van der Waals surface area (Å²) >= 11 is 0. The quantitative estimate of drug-likeness (QED) is 0.756. The lowest BCUT2D eigenvalue weighted by atomic mass is 10.1. The van der Waals surface area contributed by atoms with Crippen molar-refractivity contribution in [3.63, 3.8) is 0 Å². The molecule has 9 heteroatoms. The van der Waals surface area contributed by atoms with E-state index in [1.54, 1.807) is 17.0 Å². The van der Waals surface area contributed by atoms with Gasteiger partial charge >= 0.3 is 5.97 Å². The molecule has 0 N–H and O–H groups in total. The maximum absolute atomic E-state index is 11.2. The highest BCUT2D eigenvalue weighted by Gasteiger charge is 2.56. The average molecular weight is 360 g/mol. The SMILES string of the molecule is C=Cc1ncnc2c1ncn2[C@@H]1O[C@H](COC(C)=O)[C@H]2OC(C)(C)O[C@H]21. The van der Waals surface area contributed by atoms with E-state index >= 15 is 0 Å². The average Bonchev–Trinajstić information content (AvgIpc) is 3.23. The normalized spacial score (nSPS) is 29.7. The van der Waals surface area contributed by atoms with Gasteiger partial charge in [0.25, 0.3) is 0 Å². The Labute approximate surface area is 149 Å². The fourth-order valence-electron chi connectivity index (χ4n) is 3.42. The molecule has 0 amide bonds. The molecule has 0 bridgehead atoms. The third kappa shape index (κ3) is 2.77. The Morgan fingerprint density at radius 3 is 2.85 bits per heavy atom. The van der Waals surface area contributed by atoms with Crippen molar-refractivity contribution in [2.45, 2.75) is 51.1 Å². The second kappa shape index (κ2) is 6.11. The number of nitrogens with zero attached hydrogens (tertiary/aromatic N) is 4. The van der Waals surface area contributed by atoms with Crippen LogP contribution in [0.25, 0.3) is 17.2 Å². The molecule has 0 saturated carbocycles. The molecule has 0 spiro atoms. The Bertz CT molecular complexity index is 864. The summed E-state index contributed by atoms with van der Waals surface area (Å²) in [6, 6.07) is 0. The summed E-state index contributed by atoms with van der Waals surface area (Å²) in [6.07, 6.45) is 3.00. The van der Waals surface area contributed by atoms with Crippen LogP contribution in [0.3, 0.4) is 0 Å². The van der Waals surface area contributed by atoms with Crippen LogP contribution in [0.15, 0.2) is 19.2 Å². The highest BCUT2D eigenvalue weighted by atomic mass is 16.8. The number of fused-ring (bicyclic) bond motifs is 2. The number of carbonyl (C=O) groups is 1. The first-order chi connectivity index (χ1) is 12.4. The van der Waals surface area contributed by atoms with Gasteiger partial charge in [0.2, 0.25) is 0 Å². The van der Waals surface area contributed by atoms with Crippen LogP contribution in [-0.4, -0.2) is 56.2 Å². The molecule has 2 fully saturated rings. The zero-order valence-electron chi connectivity index (χ0n) is 14.8. The van der Waals surface area contributed by atoms with Crippen molar-refractivity contribution in [1.29, 1.82) is 0 Å². The fourth-order valence-corrected chi connectivity index (χ4v) is 3.42. The van der Waals surface area contributed by atoms with Crippen molar-refractivity contribution < 1.29 is 23.7 Å². The number of ether oxygens (including phenoxy) is 4. The Morgan fingerprint density at radius 1 is 1.35 bits per heavy atom. The maximum Gasteiger partial charge on any atom is 0.302 e. The van der Waals surface area contributed by atoms with Gasteiger partial charge in [-0.1, -0.05) is 6.58 Å². The Morgan fingerprint density at radius 2 is 2.12 bits per heavy atom. The minimum absolute atomic E-state index is 0.0892. The van der Waals surface area contributed by atoms with E-state index in [1.165, 1.54) is 13.3 Å². The van der Waals surface area contributed by atoms with Crippen molar-refractivity contribution in [3.8, 4) is 0 Å². The van der Waals surface area contributed by atoms with E-state index in [4.69, 9.17) is 18.9 Å². The van der Waals surface area contributed by atoms with Gasteiger partial charge in [-0.25, -0.2) is 15.0 Å². The summed E-state index contributed by atoms with van der Waals surface area (Å²) in [5.41, 5.74) is 1.88. The molecule has 2 aromatic rings. The van der Waals surface area contributed by atoms with Gasteiger partial charge < -0.3 is 18.9 Å². The van der Waals surface area contributed by atoms with Crippen molar-refractivity contribution in [1.82, 2.24) is 19.5 Å². The zero-order chi connectivity index (χ0) is 18.5. The molecule has 0 radical (unpaired) electrons. The second-order valence-electron chi connectivity index (χ2n) is 6.72. The van der Waals surface area contributed by atoms with E-state index in [1.807, 2.05) is 13.8 Å². The maximum atomic E-state index is 11.2. The van der Waals surface area contributed by atoms with Crippen LogP contribution < -0.4 is 0 Å². The van der Waals surface area contributed by atoms with Crippen LogP contribution in [0.1, 0.15) is 32.7 Å². The van der Waals surface area contributed by atoms with Crippen LogP contribution in [0, 0.1) is 0 Å². The number of rotatable bonds is 4. The van der Waals surface area contributed by atoms with E-state index in [-0.39, 0.29) is 24.8 Å². The van der Waals surface area contributed by atoms with Gasteiger partial charge in [0.1, 0.15) is 36.8 Å². The Balaban J connectivity index is 1.70. The van der Waals surface area contributed by atoms with Gasteiger partial charge in [0.05, 0.1) is 12.0 Å². The highest BCUT2D eigenvalue weighted by molar-refractivity contribution is 5.79.